The highest BCUT2D eigenvalue weighted by Crippen LogP contribution is 2.30. The summed E-state index contributed by atoms with van der Waals surface area (Å²) in [5.74, 6) is 2.48. The van der Waals surface area contributed by atoms with Crippen molar-refractivity contribution in [3.8, 4) is 11.5 Å². The number of methoxy groups -OCH3 is 2. The highest BCUT2D eigenvalue weighted by atomic mass is 127. The predicted octanol–water partition coefficient (Wildman–Crippen LogP) is 4.70. The first-order valence-corrected chi connectivity index (χ1v) is 10.8. The Morgan fingerprint density at radius 1 is 1.06 bits per heavy atom. The Morgan fingerprint density at radius 2 is 1.68 bits per heavy atom. The number of halogens is 2. The van der Waals surface area contributed by atoms with Crippen molar-refractivity contribution < 1.29 is 9.47 Å². The minimum atomic E-state index is 0. The maximum atomic E-state index is 5.96. The van der Waals surface area contributed by atoms with E-state index in [1.807, 2.05) is 30.3 Å². The molecule has 0 atom stereocenters. The number of guanidine groups is 1. The summed E-state index contributed by atoms with van der Waals surface area (Å²) in [6.45, 7) is 5.46. The van der Waals surface area contributed by atoms with E-state index in [0.29, 0.717) is 12.6 Å². The van der Waals surface area contributed by atoms with Crippen molar-refractivity contribution in [3.05, 3.63) is 53.1 Å². The highest BCUT2D eigenvalue weighted by molar-refractivity contribution is 14.0. The Morgan fingerprint density at radius 3 is 2.23 bits per heavy atom. The van der Waals surface area contributed by atoms with Gasteiger partial charge in [0.15, 0.2) is 5.96 Å². The summed E-state index contributed by atoms with van der Waals surface area (Å²) < 4.78 is 10.8. The molecule has 0 bridgehead atoms. The van der Waals surface area contributed by atoms with Crippen LogP contribution < -0.4 is 25.0 Å². The van der Waals surface area contributed by atoms with Crippen molar-refractivity contribution in [2.24, 2.45) is 4.99 Å². The van der Waals surface area contributed by atoms with E-state index in [4.69, 9.17) is 26.1 Å². The van der Waals surface area contributed by atoms with Crippen LogP contribution in [0, 0.1) is 0 Å². The normalized spacial score (nSPS) is 14.6. The van der Waals surface area contributed by atoms with Crippen molar-refractivity contribution >= 4 is 47.2 Å². The molecule has 2 N–H and O–H groups in total. The van der Waals surface area contributed by atoms with Gasteiger partial charge in [0.2, 0.25) is 0 Å². The molecule has 1 heterocycles. The van der Waals surface area contributed by atoms with Crippen LogP contribution in [0.4, 0.5) is 5.69 Å². The molecule has 170 valence electrons. The third-order valence-electron chi connectivity index (χ3n) is 5.21. The van der Waals surface area contributed by atoms with Gasteiger partial charge in [0, 0.05) is 54.6 Å². The number of hydrogen-bond acceptors (Lipinski definition) is 4. The van der Waals surface area contributed by atoms with Crippen LogP contribution in [0.3, 0.4) is 0 Å². The van der Waals surface area contributed by atoms with Crippen molar-refractivity contribution in [1.82, 2.24) is 10.6 Å². The smallest absolute Gasteiger partial charge is 0.191 e. The van der Waals surface area contributed by atoms with Gasteiger partial charge in [-0.25, -0.2) is 4.99 Å². The lowest BCUT2D eigenvalue weighted by Crippen LogP contribution is -2.48. The summed E-state index contributed by atoms with van der Waals surface area (Å²) in [5, 5.41) is 7.69. The Bertz CT molecular complexity index is 818. The largest absolute Gasteiger partial charge is 0.497 e. The van der Waals surface area contributed by atoms with Crippen LogP contribution in [0.2, 0.25) is 5.02 Å². The molecular formula is C23H32ClIN4O2. The fraction of sp³-hybridized carbons (Fsp3) is 0.435. The fourth-order valence-corrected chi connectivity index (χ4v) is 3.66. The molecule has 6 nitrogen and oxygen atoms in total. The lowest BCUT2D eigenvalue weighted by molar-refractivity contribution is 0.393. The third kappa shape index (κ3) is 7.64. The number of hydrogen-bond donors (Lipinski definition) is 2. The molecule has 0 saturated carbocycles. The molecule has 0 spiro atoms. The third-order valence-corrected chi connectivity index (χ3v) is 5.47. The molecule has 1 aliphatic heterocycles. The maximum Gasteiger partial charge on any atom is 0.191 e. The van der Waals surface area contributed by atoms with Crippen LogP contribution >= 0.6 is 35.6 Å². The average molecular weight is 559 g/mol. The molecule has 0 amide bonds. The van der Waals surface area contributed by atoms with E-state index in [1.54, 1.807) is 14.2 Å². The Kier molecular flexibility index (Phi) is 10.5. The molecule has 31 heavy (non-hydrogen) atoms. The zero-order chi connectivity index (χ0) is 21.3. The number of nitrogens with one attached hydrogen (secondary N) is 2. The van der Waals surface area contributed by atoms with Gasteiger partial charge in [-0.1, -0.05) is 23.7 Å². The lowest BCUT2D eigenvalue weighted by atomic mass is 10.0. The van der Waals surface area contributed by atoms with E-state index < -0.39 is 0 Å². The van der Waals surface area contributed by atoms with Crippen molar-refractivity contribution in [2.75, 3.05) is 38.8 Å². The Labute approximate surface area is 207 Å². The van der Waals surface area contributed by atoms with Gasteiger partial charge in [0.05, 0.1) is 20.8 Å². The minimum absolute atomic E-state index is 0. The van der Waals surface area contributed by atoms with Crippen LogP contribution in [-0.4, -0.2) is 45.9 Å². The molecule has 2 aromatic rings. The topological polar surface area (TPSA) is 58.1 Å². The molecule has 0 aliphatic carbocycles. The second kappa shape index (κ2) is 12.9. The summed E-state index contributed by atoms with van der Waals surface area (Å²) in [7, 11) is 3.36. The SMILES string of the molecule is CCNC(=NCc1ccc(Cl)cc1)NC1CCN(c2cc(OC)cc(OC)c2)CC1.I. The van der Waals surface area contributed by atoms with Crippen LogP contribution in [-0.2, 0) is 6.54 Å². The summed E-state index contributed by atoms with van der Waals surface area (Å²) in [5.41, 5.74) is 2.27. The van der Waals surface area contributed by atoms with Gasteiger partial charge in [0.25, 0.3) is 0 Å². The highest BCUT2D eigenvalue weighted by Gasteiger charge is 2.21. The van der Waals surface area contributed by atoms with Crippen LogP contribution in [0.5, 0.6) is 11.5 Å². The molecule has 3 rings (SSSR count). The number of benzene rings is 2. The quantitative estimate of drug-likeness (QED) is 0.293. The molecule has 1 fully saturated rings. The lowest BCUT2D eigenvalue weighted by Gasteiger charge is -2.34. The number of anilines is 1. The van der Waals surface area contributed by atoms with Gasteiger partial charge in [-0.15, -0.1) is 24.0 Å². The van der Waals surface area contributed by atoms with E-state index in [0.717, 1.165) is 66.2 Å². The Balaban J connectivity index is 0.00000341. The van der Waals surface area contributed by atoms with Gasteiger partial charge >= 0.3 is 0 Å². The first-order chi connectivity index (χ1) is 14.6. The fourth-order valence-electron chi connectivity index (χ4n) is 3.53. The van der Waals surface area contributed by atoms with Gasteiger partial charge in [-0.3, -0.25) is 0 Å². The van der Waals surface area contributed by atoms with Crippen molar-refractivity contribution in [1.29, 1.82) is 0 Å². The molecule has 1 saturated heterocycles. The monoisotopic (exact) mass is 558 g/mol. The van der Waals surface area contributed by atoms with Crippen LogP contribution in [0.1, 0.15) is 25.3 Å². The number of ether oxygens (including phenoxy) is 2. The summed E-state index contributed by atoms with van der Waals surface area (Å²) in [4.78, 5) is 7.11. The van der Waals surface area contributed by atoms with Crippen molar-refractivity contribution in [3.63, 3.8) is 0 Å². The molecule has 0 aromatic heterocycles. The molecule has 8 heteroatoms. The molecule has 0 unspecified atom stereocenters. The number of aliphatic imine (C=N–C) groups is 1. The maximum absolute atomic E-state index is 5.96. The van der Waals surface area contributed by atoms with Crippen LogP contribution in [0.25, 0.3) is 0 Å². The van der Waals surface area contributed by atoms with E-state index in [2.05, 4.69) is 34.6 Å². The van der Waals surface area contributed by atoms with Crippen LogP contribution in [0.15, 0.2) is 47.5 Å². The summed E-state index contributed by atoms with van der Waals surface area (Å²) in [6, 6.07) is 14.2. The second-order valence-electron chi connectivity index (χ2n) is 7.30. The zero-order valence-electron chi connectivity index (χ0n) is 18.4. The van der Waals surface area contributed by atoms with Gasteiger partial charge in [0.1, 0.15) is 11.5 Å². The molecule has 0 radical (unpaired) electrons. The molecular weight excluding hydrogens is 527 g/mol. The standard InChI is InChI=1S/C23H31ClN4O2.HI/c1-4-25-23(26-16-17-5-7-18(24)8-6-17)27-19-9-11-28(12-10-19)20-13-21(29-2)15-22(14-20)30-3;/h5-8,13-15,19H,4,9-12,16H2,1-3H3,(H2,25,26,27);1H. The Hall–Kier alpha value is -1.87. The van der Waals surface area contributed by atoms with E-state index in [1.165, 1.54) is 0 Å². The van der Waals surface area contributed by atoms with Gasteiger partial charge in [-0.2, -0.15) is 0 Å². The zero-order valence-corrected chi connectivity index (χ0v) is 21.4. The minimum Gasteiger partial charge on any atom is -0.497 e. The van der Waals surface area contributed by atoms with Crippen molar-refractivity contribution in [2.45, 2.75) is 32.4 Å². The number of rotatable bonds is 7. The summed E-state index contributed by atoms with van der Waals surface area (Å²) in [6.07, 6.45) is 2.07. The predicted molar refractivity (Wildman–Crippen MR) is 140 cm³/mol. The van der Waals surface area contributed by atoms with Gasteiger partial charge < -0.3 is 25.0 Å². The first kappa shape index (κ1) is 25.4. The van der Waals surface area contributed by atoms with E-state index in [-0.39, 0.29) is 24.0 Å². The van der Waals surface area contributed by atoms with E-state index in [9.17, 15) is 0 Å². The molecule has 1 aliphatic rings. The molecule has 2 aromatic carbocycles. The van der Waals surface area contributed by atoms with Gasteiger partial charge in [-0.05, 0) is 37.5 Å². The average Bonchev–Trinajstić information content (AvgIpc) is 2.78. The summed E-state index contributed by atoms with van der Waals surface area (Å²) >= 11 is 5.96. The first-order valence-electron chi connectivity index (χ1n) is 10.4. The number of nitrogens with zero attached hydrogens (tertiary/aromatic N) is 2. The number of piperidine rings is 1. The van der Waals surface area contributed by atoms with E-state index >= 15 is 0 Å². The second-order valence-corrected chi connectivity index (χ2v) is 7.73.